The van der Waals surface area contributed by atoms with Crippen LogP contribution in [0.2, 0.25) is 0 Å². The smallest absolute Gasteiger partial charge is 0.343 e. The third kappa shape index (κ3) is 3.13. The summed E-state index contributed by atoms with van der Waals surface area (Å²) in [5.41, 5.74) is 6.00. The third-order valence-electron chi connectivity index (χ3n) is 2.87. The Morgan fingerprint density at radius 1 is 1.56 bits per heavy atom. The number of carbonyl (C=O) groups excluding carboxylic acids is 1. The topological polar surface area (TPSA) is 78.1 Å². The van der Waals surface area contributed by atoms with E-state index in [1.54, 1.807) is 18.7 Å². The maximum Gasteiger partial charge on any atom is 0.343 e. The molecule has 6 heteroatoms. The van der Waals surface area contributed by atoms with E-state index in [9.17, 15) is 4.79 Å². The van der Waals surface area contributed by atoms with Crippen molar-refractivity contribution in [2.75, 3.05) is 12.3 Å². The molecule has 1 aliphatic rings. The summed E-state index contributed by atoms with van der Waals surface area (Å²) >= 11 is 1.64. The standard InChI is InChI=1S/C12H17N3O2S/c1-2-17-11(16)9-7-14-12(15-10(9)13)18-8-5-3-4-6-8/h7-8H,2-6H2,1H3,(H2,13,14,15). The molecule has 1 aromatic rings. The zero-order valence-electron chi connectivity index (χ0n) is 10.4. The molecule has 1 heterocycles. The highest BCUT2D eigenvalue weighted by molar-refractivity contribution is 7.99. The van der Waals surface area contributed by atoms with Gasteiger partial charge >= 0.3 is 5.97 Å². The van der Waals surface area contributed by atoms with Crippen LogP contribution in [0.15, 0.2) is 11.4 Å². The molecule has 0 bridgehead atoms. The molecular weight excluding hydrogens is 250 g/mol. The van der Waals surface area contributed by atoms with Gasteiger partial charge in [0.25, 0.3) is 0 Å². The lowest BCUT2D eigenvalue weighted by Crippen LogP contribution is -2.11. The minimum atomic E-state index is -0.465. The molecule has 2 N–H and O–H groups in total. The van der Waals surface area contributed by atoms with Gasteiger partial charge in [-0.15, -0.1) is 0 Å². The second kappa shape index (κ2) is 6.04. The van der Waals surface area contributed by atoms with Crippen molar-refractivity contribution in [3.8, 4) is 0 Å². The average Bonchev–Trinajstić information content (AvgIpc) is 2.82. The van der Waals surface area contributed by atoms with Crippen molar-refractivity contribution >= 4 is 23.5 Å². The van der Waals surface area contributed by atoms with Crippen LogP contribution in [0.25, 0.3) is 0 Å². The van der Waals surface area contributed by atoms with Crippen LogP contribution in [-0.4, -0.2) is 27.8 Å². The van der Waals surface area contributed by atoms with Crippen LogP contribution in [0.5, 0.6) is 0 Å². The Balaban J connectivity index is 2.06. The van der Waals surface area contributed by atoms with Crippen molar-refractivity contribution in [1.82, 2.24) is 9.97 Å². The number of rotatable bonds is 4. The molecule has 0 atom stereocenters. The Hall–Kier alpha value is -1.30. The molecule has 1 aliphatic carbocycles. The normalized spacial score (nSPS) is 15.8. The van der Waals surface area contributed by atoms with Gasteiger partial charge in [0.2, 0.25) is 0 Å². The first-order chi connectivity index (χ1) is 8.70. The van der Waals surface area contributed by atoms with Crippen molar-refractivity contribution < 1.29 is 9.53 Å². The van der Waals surface area contributed by atoms with E-state index in [1.165, 1.54) is 31.9 Å². The van der Waals surface area contributed by atoms with E-state index in [4.69, 9.17) is 10.5 Å². The monoisotopic (exact) mass is 267 g/mol. The molecule has 0 spiro atoms. The first kappa shape index (κ1) is 13.1. The zero-order valence-corrected chi connectivity index (χ0v) is 11.2. The van der Waals surface area contributed by atoms with E-state index in [-0.39, 0.29) is 11.4 Å². The minimum Gasteiger partial charge on any atom is -0.462 e. The molecule has 5 nitrogen and oxygen atoms in total. The van der Waals surface area contributed by atoms with Gasteiger partial charge in [-0.2, -0.15) is 0 Å². The number of carbonyl (C=O) groups is 1. The number of esters is 1. The predicted molar refractivity (Wildman–Crippen MR) is 70.5 cm³/mol. The molecule has 2 rings (SSSR count). The molecule has 1 saturated carbocycles. The number of anilines is 1. The number of thioether (sulfide) groups is 1. The summed E-state index contributed by atoms with van der Waals surface area (Å²) in [6.07, 6.45) is 6.40. The lowest BCUT2D eigenvalue weighted by molar-refractivity contribution is 0.0526. The number of hydrogen-bond acceptors (Lipinski definition) is 6. The Kier molecular flexibility index (Phi) is 4.41. The van der Waals surface area contributed by atoms with Crippen molar-refractivity contribution in [3.05, 3.63) is 11.8 Å². The molecule has 1 aromatic heterocycles. The van der Waals surface area contributed by atoms with E-state index in [1.807, 2.05) is 0 Å². The molecule has 0 aromatic carbocycles. The third-order valence-corrected chi connectivity index (χ3v) is 4.08. The molecule has 18 heavy (non-hydrogen) atoms. The number of ether oxygens (including phenoxy) is 1. The fourth-order valence-corrected chi connectivity index (χ4v) is 3.09. The number of hydrogen-bond donors (Lipinski definition) is 1. The quantitative estimate of drug-likeness (QED) is 0.666. The van der Waals surface area contributed by atoms with Gasteiger partial charge in [-0.1, -0.05) is 24.6 Å². The first-order valence-electron chi connectivity index (χ1n) is 6.17. The molecular formula is C12H17N3O2S. The number of nitrogens with zero attached hydrogens (tertiary/aromatic N) is 2. The number of aromatic nitrogens is 2. The van der Waals surface area contributed by atoms with Crippen molar-refractivity contribution in [3.63, 3.8) is 0 Å². The van der Waals surface area contributed by atoms with Crippen LogP contribution in [0.1, 0.15) is 43.0 Å². The maximum absolute atomic E-state index is 11.5. The van der Waals surface area contributed by atoms with Crippen LogP contribution in [0.3, 0.4) is 0 Å². The Morgan fingerprint density at radius 2 is 2.28 bits per heavy atom. The molecule has 0 unspecified atom stereocenters. The Labute approximate surface area is 111 Å². The largest absolute Gasteiger partial charge is 0.462 e. The van der Waals surface area contributed by atoms with Gasteiger partial charge in [-0.05, 0) is 19.8 Å². The SMILES string of the molecule is CCOC(=O)c1cnc(SC2CCCC2)nc1N. The highest BCUT2D eigenvalue weighted by Gasteiger charge is 2.19. The second-order valence-corrected chi connectivity index (χ2v) is 5.46. The van der Waals surface area contributed by atoms with Crippen LogP contribution in [0, 0.1) is 0 Å². The summed E-state index contributed by atoms with van der Waals surface area (Å²) in [5, 5.41) is 1.23. The summed E-state index contributed by atoms with van der Waals surface area (Å²) in [6, 6.07) is 0. The highest BCUT2D eigenvalue weighted by atomic mass is 32.2. The molecule has 1 fully saturated rings. The van der Waals surface area contributed by atoms with Gasteiger partial charge < -0.3 is 10.5 Å². The highest BCUT2D eigenvalue weighted by Crippen LogP contribution is 2.33. The molecule has 0 saturated heterocycles. The lowest BCUT2D eigenvalue weighted by atomic mass is 10.3. The van der Waals surface area contributed by atoms with Crippen molar-refractivity contribution in [2.45, 2.75) is 43.0 Å². The molecule has 0 aliphatic heterocycles. The van der Waals surface area contributed by atoms with Gasteiger partial charge in [-0.3, -0.25) is 0 Å². The van der Waals surface area contributed by atoms with E-state index < -0.39 is 5.97 Å². The average molecular weight is 267 g/mol. The fourth-order valence-electron chi connectivity index (χ4n) is 1.96. The van der Waals surface area contributed by atoms with Crippen molar-refractivity contribution in [1.29, 1.82) is 0 Å². The van der Waals surface area contributed by atoms with E-state index in [0.29, 0.717) is 17.0 Å². The van der Waals surface area contributed by atoms with Gasteiger partial charge in [0.1, 0.15) is 11.4 Å². The zero-order chi connectivity index (χ0) is 13.0. The Bertz CT molecular complexity index is 433. The lowest BCUT2D eigenvalue weighted by Gasteiger charge is -2.09. The number of nitrogen functional groups attached to an aromatic ring is 1. The van der Waals surface area contributed by atoms with Gasteiger partial charge in [0.15, 0.2) is 5.16 Å². The van der Waals surface area contributed by atoms with E-state index in [0.717, 1.165) is 0 Å². The van der Waals surface area contributed by atoms with Crippen LogP contribution < -0.4 is 5.73 Å². The number of nitrogens with two attached hydrogens (primary N) is 1. The summed E-state index contributed by atoms with van der Waals surface area (Å²) in [6.45, 7) is 2.07. The Morgan fingerprint density at radius 3 is 2.89 bits per heavy atom. The summed E-state index contributed by atoms with van der Waals surface area (Å²) in [7, 11) is 0. The summed E-state index contributed by atoms with van der Waals surface area (Å²) < 4.78 is 4.88. The van der Waals surface area contributed by atoms with Crippen LogP contribution >= 0.6 is 11.8 Å². The van der Waals surface area contributed by atoms with Gasteiger partial charge in [0, 0.05) is 11.4 Å². The van der Waals surface area contributed by atoms with Crippen molar-refractivity contribution in [2.24, 2.45) is 0 Å². The molecule has 98 valence electrons. The summed E-state index contributed by atoms with van der Waals surface area (Å²) in [5.74, 6) is -0.267. The van der Waals surface area contributed by atoms with E-state index >= 15 is 0 Å². The predicted octanol–water partition coefficient (Wildman–Crippen LogP) is 2.27. The van der Waals surface area contributed by atoms with E-state index in [2.05, 4.69) is 9.97 Å². The van der Waals surface area contributed by atoms with Crippen LogP contribution in [0.4, 0.5) is 5.82 Å². The molecule has 0 amide bonds. The van der Waals surface area contributed by atoms with Gasteiger partial charge in [0.05, 0.1) is 6.61 Å². The fraction of sp³-hybridized carbons (Fsp3) is 0.583. The minimum absolute atomic E-state index is 0.198. The molecule has 0 radical (unpaired) electrons. The summed E-state index contributed by atoms with van der Waals surface area (Å²) in [4.78, 5) is 19.9. The van der Waals surface area contributed by atoms with Crippen LogP contribution in [-0.2, 0) is 4.74 Å². The van der Waals surface area contributed by atoms with Gasteiger partial charge in [-0.25, -0.2) is 14.8 Å². The maximum atomic E-state index is 11.5. The second-order valence-electron chi connectivity index (χ2n) is 4.20. The first-order valence-corrected chi connectivity index (χ1v) is 7.05.